The number of carbonyl (C=O) groups is 1. The lowest BCUT2D eigenvalue weighted by Gasteiger charge is -2.25. The molecule has 0 spiro atoms. The van der Waals surface area contributed by atoms with Gasteiger partial charge in [-0.2, -0.15) is 8.61 Å². The monoisotopic (exact) mass is 451 g/mol. The third kappa shape index (κ3) is 5.07. The Morgan fingerprint density at radius 2 is 1.50 bits per heavy atom. The van der Waals surface area contributed by atoms with E-state index in [-0.39, 0.29) is 16.3 Å². The Balaban J connectivity index is 1.63. The van der Waals surface area contributed by atoms with Crippen molar-refractivity contribution in [2.75, 3.05) is 32.0 Å². The van der Waals surface area contributed by atoms with Crippen LogP contribution in [0.5, 0.6) is 0 Å². The van der Waals surface area contributed by atoms with Gasteiger partial charge in [0.15, 0.2) is 0 Å². The fraction of sp³-hybridized carbons (Fsp3) is 0.350. The fourth-order valence-electron chi connectivity index (χ4n) is 3.22. The maximum atomic E-state index is 12.7. The van der Waals surface area contributed by atoms with Gasteiger partial charge in [-0.05, 0) is 49.2 Å². The minimum atomic E-state index is -3.78. The summed E-state index contributed by atoms with van der Waals surface area (Å²) in [6.07, 6.45) is 2.74. The van der Waals surface area contributed by atoms with Gasteiger partial charge < -0.3 is 5.32 Å². The van der Waals surface area contributed by atoms with Gasteiger partial charge in [0.1, 0.15) is 0 Å². The quantitative estimate of drug-likeness (QED) is 0.694. The Morgan fingerprint density at radius 1 is 0.900 bits per heavy atom. The van der Waals surface area contributed by atoms with Crippen molar-refractivity contribution in [3.05, 3.63) is 54.6 Å². The van der Waals surface area contributed by atoms with Gasteiger partial charge in [0.25, 0.3) is 0 Å². The Kier molecular flexibility index (Phi) is 6.91. The van der Waals surface area contributed by atoms with Crippen molar-refractivity contribution in [3.63, 3.8) is 0 Å². The van der Waals surface area contributed by atoms with Crippen LogP contribution in [0.15, 0.2) is 64.4 Å². The van der Waals surface area contributed by atoms with E-state index in [4.69, 9.17) is 0 Å². The molecule has 0 unspecified atom stereocenters. The van der Waals surface area contributed by atoms with Crippen LogP contribution in [-0.2, 0) is 24.8 Å². The summed E-state index contributed by atoms with van der Waals surface area (Å²) < 4.78 is 52.8. The molecule has 10 heteroatoms. The molecule has 30 heavy (non-hydrogen) atoms. The van der Waals surface area contributed by atoms with E-state index in [1.54, 1.807) is 18.2 Å². The molecular formula is C20H25N3O5S2. The van der Waals surface area contributed by atoms with E-state index in [1.165, 1.54) is 47.8 Å². The van der Waals surface area contributed by atoms with Gasteiger partial charge in [-0.25, -0.2) is 16.8 Å². The average molecular weight is 452 g/mol. The SMILES string of the molecule is CN(CC(=O)Nc1ccc(S(=O)(=O)N2CCCCC2)cc1)S(=O)(=O)c1ccccc1. The second-order valence-electron chi connectivity index (χ2n) is 7.11. The van der Waals surface area contributed by atoms with E-state index in [0.29, 0.717) is 18.8 Å². The summed E-state index contributed by atoms with van der Waals surface area (Å²) in [6, 6.07) is 13.8. The molecule has 162 valence electrons. The Labute approximate surface area is 177 Å². The van der Waals surface area contributed by atoms with Gasteiger partial charge in [-0.15, -0.1) is 0 Å². The zero-order valence-corrected chi connectivity index (χ0v) is 18.3. The van der Waals surface area contributed by atoms with Crippen LogP contribution in [0.25, 0.3) is 0 Å². The van der Waals surface area contributed by atoms with Crippen LogP contribution in [0.2, 0.25) is 0 Å². The Morgan fingerprint density at radius 3 is 2.10 bits per heavy atom. The molecule has 1 amide bonds. The van der Waals surface area contributed by atoms with Gasteiger partial charge in [-0.3, -0.25) is 4.79 Å². The molecule has 1 aliphatic rings. The number of sulfonamides is 2. The number of rotatable bonds is 7. The highest BCUT2D eigenvalue weighted by Gasteiger charge is 2.26. The summed E-state index contributed by atoms with van der Waals surface area (Å²) in [5.74, 6) is -0.524. The highest BCUT2D eigenvalue weighted by Crippen LogP contribution is 2.22. The topological polar surface area (TPSA) is 104 Å². The smallest absolute Gasteiger partial charge is 0.243 e. The van der Waals surface area contributed by atoms with Crippen molar-refractivity contribution in [2.24, 2.45) is 0 Å². The molecule has 0 aliphatic carbocycles. The fourth-order valence-corrected chi connectivity index (χ4v) is 5.89. The number of nitrogens with zero attached hydrogens (tertiary/aromatic N) is 2. The van der Waals surface area contributed by atoms with Gasteiger partial charge in [0.2, 0.25) is 26.0 Å². The minimum absolute atomic E-state index is 0.104. The van der Waals surface area contributed by atoms with Crippen molar-refractivity contribution < 1.29 is 21.6 Å². The number of anilines is 1. The Bertz CT molecular complexity index is 1080. The highest BCUT2D eigenvalue weighted by atomic mass is 32.2. The van der Waals surface area contributed by atoms with Crippen molar-refractivity contribution in [1.82, 2.24) is 8.61 Å². The van der Waals surface area contributed by atoms with Gasteiger partial charge in [-0.1, -0.05) is 24.6 Å². The molecule has 1 fully saturated rings. The number of hydrogen-bond acceptors (Lipinski definition) is 5. The largest absolute Gasteiger partial charge is 0.325 e. The number of carbonyl (C=O) groups excluding carboxylic acids is 1. The van der Waals surface area contributed by atoms with Crippen LogP contribution in [0, 0.1) is 0 Å². The molecule has 1 N–H and O–H groups in total. The molecule has 0 atom stereocenters. The van der Waals surface area contributed by atoms with E-state index < -0.39 is 26.0 Å². The van der Waals surface area contributed by atoms with Gasteiger partial charge in [0, 0.05) is 25.8 Å². The molecular weight excluding hydrogens is 426 g/mol. The number of hydrogen-bond donors (Lipinski definition) is 1. The number of amides is 1. The molecule has 2 aromatic carbocycles. The number of piperidine rings is 1. The second-order valence-corrected chi connectivity index (χ2v) is 11.1. The third-order valence-corrected chi connectivity index (χ3v) is 8.64. The summed E-state index contributed by atoms with van der Waals surface area (Å²) in [5.41, 5.74) is 0.392. The molecule has 2 aromatic rings. The maximum Gasteiger partial charge on any atom is 0.243 e. The molecule has 0 bridgehead atoms. The molecule has 1 aliphatic heterocycles. The maximum absolute atomic E-state index is 12.7. The lowest BCUT2D eigenvalue weighted by molar-refractivity contribution is -0.116. The van der Waals surface area contributed by atoms with Crippen molar-refractivity contribution in [1.29, 1.82) is 0 Å². The summed E-state index contributed by atoms with van der Waals surface area (Å²) in [4.78, 5) is 12.6. The van der Waals surface area contributed by atoms with Crippen LogP contribution in [0.1, 0.15) is 19.3 Å². The first kappa shape index (κ1) is 22.4. The zero-order valence-electron chi connectivity index (χ0n) is 16.7. The van der Waals surface area contributed by atoms with Crippen LogP contribution in [-0.4, -0.2) is 58.0 Å². The Hall–Kier alpha value is -2.27. The lowest BCUT2D eigenvalue weighted by atomic mass is 10.2. The predicted octanol–water partition coefficient (Wildman–Crippen LogP) is 2.12. The van der Waals surface area contributed by atoms with E-state index in [2.05, 4.69) is 5.32 Å². The van der Waals surface area contributed by atoms with E-state index in [1.807, 2.05) is 0 Å². The lowest BCUT2D eigenvalue weighted by Crippen LogP contribution is -2.35. The first-order valence-corrected chi connectivity index (χ1v) is 12.5. The van der Waals surface area contributed by atoms with E-state index in [0.717, 1.165) is 23.6 Å². The zero-order chi connectivity index (χ0) is 21.8. The predicted molar refractivity (Wildman–Crippen MR) is 114 cm³/mol. The average Bonchev–Trinajstić information content (AvgIpc) is 2.75. The van der Waals surface area contributed by atoms with Crippen LogP contribution in [0.4, 0.5) is 5.69 Å². The summed E-state index contributed by atoms with van der Waals surface area (Å²) in [5, 5.41) is 2.60. The van der Waals surface area contributed by atoms with Gasteiger partial charge >= 0.3 is 0 Å². The summed E-state index contributed by atoms with van der Waals surface area (Å²) in [7, 11) is -5.99. The van der Waals surface area contributed by atoms with Gasteiger partial charge in [0.05, 0.1) is 16.3 Å². The summed E-state index contributed by atoms with van der Waals surface area (Å²) >= 11 is 0. The second kappa shape index (κ2) is 9.25. The minimum Gasteiger partial charge on any atom is -0.325 e. The molecule has 1 saturated heterocycles. The third-order valence-electron chi connectivity index (χ3n) is 4.91. The number of likely N-dealkylation sites (N-methyl/N-ethyl adjacent to an activating group) is 1. The molecule has 1 heterocycles. The van der Waals surface area contributed by atoms with Crippen molar-refractivity contribution >= 4 is 31.6 Å². The molecule has 8 nitrogen and oxygen atoms in total. The first-order valence-electron chi connectivity index (χ1n) is 9.63. The molecule has 3 rings (SSSR count). The van der Waals surface area contributed by atoms with E-state index in [9.17, 15) is 21.6 Å². The normalized spacial score (nSPS) is 15.8. The van der Waals surface area contributed by atoms with Crippen LogP contribution in [0.3, 0.4) is 0 Å². The van der Waals surface area contributed by atoms with Crippen molar-refractivity contribution in [2.45, 2.75) is 29.1 Å². The molecule has 0 saturated carbocycles. The number of benzene rings is 2. The van der Waals surface area contributed by atoms with E-state index >= 15 is 0 Å². The van der Waals surface area contributed by atoms with Crippen LogP contribution >= 0.6 is 0 Å². The molecule has 0 aromatic heterocycles. The molecule has 0 radical (unpaired) electrons. The van der Waals surface area contributed by atoms with Crippen LogP contribution < -0.4 is 5.32 Å². The standard InChI is InChI=1S/C20H25N3O5S2/c1-22(29(25,26)18-8-4-2-5-9-18)16-20(24)21-17-10-12-19(13-11-17)30(27,28)23-14-6-3-7-15-23/h2,4-5,8-13H,3,6-7,14-16H2,1H3,(H,21,24). The highest BCUT2D eigenvalue weighted by molar-refractivity contribution is 7.89. The summed E-state index contributed by atoms with van der Waals surface area (Å²) in [6.45, 7) is 0.664. The van der Waals surface area contributed by atoms with Crippen molar-refractivity contribution in [3.8, 4) is 0 Å². The number of nitrogens with one attached hydrogen (secondary N) is 1. The first-order chi connectivity index (χ1) is 14.2.